The van der Waals surface area contributed by atoms with E-state index in [1.807, 2.05) is 11.8 Å². The molecule has 0 spiro atoms. The van der Waals surface area contributed by atoms with Crippen LogP contribution in [0.4, 0.5) is 0 Å². The van der Waals surface area contributed by atoms with Crippen molar-refractivity contribution in [3.63, 3.8) is 0 Å². The van der Waals surface area contributed by atoms with E-state index in [9.17, 15) is 4.79 Å². The van der Waals surface area contributed by atoms with Gasteiger partial charge in [0.15, 0.2) is 0 Å². The monoisotopic (exact) mass is 249 g/mol. The molecule has 0 unspecified atom stereocenters. The summed E-state index contributed by atoms with van der Waals surface area (Å²) in [6.45, 7) is 2.54. The van der Waals surface area contributed by atoms with E-state index in [1.165, 1.54) is 12.6 Å². The average molecular weight is 249 g/mol. The van der Waals surface area contributed by atoms with Crippen molar-refractivity contribution in [2.24, 2.45) is 0 Å². The van der Waals surface area contributed by atoms with Gasteiger partial charge in [-0.2, -0.15) is 0 Å². The molecule has 0 radical (unpaired) electrons. The molecule has 5 nitrogen and oxygen atoms in total. The maximum absolute atomic E-state index is 12.3. The molecule has 1 heterocycles. The van der Waals surface area contributed by atoms with Crippen LogP contribution in [0.1, 0.15) is 41.9 Å². The normalized spacial score (nSPS) is 15.2. The summed E-state index contributed by atoms with van der Waals surface area (Å²) in [5.74, 6) is -0.0688. The van der Waals surface area contributed by atoms with E-state index in [4.69, 9.17) is 5.11 Å². The molecule has 0 saturated heterocycles. The molecular formula is C13H19N3O2. The van der Waals surface area contributed by atoms with Gasteiger partial charge in [-0.15, -0.1) is 0 Å². The lowest BCUT2D eigenvalue weighted by atomic mass is 9.91. The number of nitrogens with zero attached hydrogens (tertiary/aromatic N) is 3. The first-order valence-electron chi connectivity index (χ1n) is 6.43. The summed E-state index contributed by atoms with van der Waals surface area (Å²) in [4.78, 5) is 22.4. The van der Waals surface area contributed by atoms with E-state index in [2.05, 4.69) is 9.97 Å². The predicted octanol–water partition coefficient (Wildman–Crippen LogP) is 1.16. The van der Waals surface area contributed by atoms with Crippen molar-refractivity contribution in [2.45, 2.75) is 38.6 Å². The Labute approximate surface area is 107 Å². The molecule has 1 amide bonds. The van der Waals surface area contributed by atoms with Crippen molar-refractivity contribution >= 4 is 5.91 Å². The number of aromatic nitrogens is 2. The highest BCUT2D eigenvalue weighted by molar-refractivity contribution is 5.92. The minimum atomic E-state index is -0.0688. The summed E-state index contributed by atoms with van der Waals surface area (Å²) in [6, 6.07) is 0.312. The van der Waals surface area contributed by atoms with Gasteiger partial charge in [0, 0.05) is 25.4 Å². The van der Waals surface area contributed by atoms with E-state index in [-0.39, 0.29) is 12.5 Å². The smallest absolute Gasteiger partial charge is 0.274 e. The van der Waals surface area contributed by atoms with Gasteiger partial charge in [-0.05, 0) is 32.6 Å². The highest BCUT2D eigenvalue weighted by atomic mass is 16.3. The van der Waals surface area contributed by atoms with Crippen molar-refractivity contribution in [3.8, 4) is 0 Å². The molecular weight excluding hydrogens is 230 g/mol. The van der Waals surface area contributed by atoms with Crippen LogP contribution in [-0.2, 0) is 0 Å². The van der Waals surface area contributed by atoms with E-state index < -0.39 is 0 Å². The van der Waals surface area contributed by atoms with Gasteiger partial charge in [0.2, 0.25) is 0 Å². The Morgan fingerprint density at radius 2 is 2.22 bits per heavy atom. The molecule has 0 aliphatic heterocycles. The zero-order valence-electron chi connectivity index (χ0n) is 10.7. The second kappa shape index (κ2) is 5.91. The van der Waals surface area contributed by atoms with Crippen molar-refractivity contribution in [1.82, 2.24) is 14.9 Å². The van der Waals surface area contributed by atoms with Crippen molar-refractivity contribution in [1.29, 1.82) is 0 Å². The molecule has 1 saturated carbocycles. The summed E-state index contributed by atoms with van der Waals surface area (Å²) < 4.78 is 0. The van der Waals surface area contributed by atoms with Crippen molar-refractivity contribution in [2.75, 3.05) is 13.2 Å². The van der Waals surface area contributed by atoms with Crippen LogP contribution >= 0.6 is 0 Å². The lowest BCUT2D eigenvalue weighted by molar-refractivity contribution is 0.0556. The number of aryl methyl sites for hydroxylation is 1. The Balaban J connectivity index is 2.08. The number of amides is 1. The van der Waals surface area contributed by atoms with Gasteiger partial charge in [0.1, 0.15) is 5.69 Å². The van der Waals surface area contributed by atoms with Crippen LogP contribution in [-0.4, -0.2) is 45.1 Å². The Morgan fingerprint density at radius 1 is 1.44 bits per heavy atom. The van der Waals surface area contributed by atoms with Gasteiger partial charge in [-0.25, -0.2) is 4.98 Å². The SMILES string of the molecule is Cc1cnc(C(=O)N(CCCO)C2CCC2)cn1. The molecule has 1 aliphatic carbocycles. The van der Waals surface area contributed by atoms with Crippen LogP contribution in [0.15, 0.2) is 12.4 Å². The first-order valence-corrected chi connectivity index (χ1v) is 6.43. The Bertz CT molecular complexity index is 401. The van der Waals surface area contributed by atoms with Crippen LogP contribution in [0, 0.1) is 6.92 Å². The van der Waals surface area contributed by atoms with E-state index in [0.717, 1.165) is 18.5 Å². The third kappa shape index (κ3) is 2.85. The molecule has 0 atom stereocenters. The third-order valence-corrected chi connectivity index (χ3v) is 3.33. The Hall–Kier alpha value is -1.49. The number of hydrogen-bond donors (Lipinski definition) is 1. The van der Waals surface area contributed by atoms with Crippen LogP contribution in [0.2, 0.25) is 0 Å². The van der Waals surface area contributed by atoms with Crippen LogP contribution in [0.5, 0.6) is 0 Å². The summed E-state index contributed by atoms with van der Waals surface area (Å²) in [7, 11) is 0. The van der Waals surface area contributed by atoms with E-state index in [0.29, 0.717) is 24.7 Å². The fourth-order valence-corrected chi connectivity index (χ4v) is 2.04. The molecule has 0 bridgehead atoms. The minimum absolute atomic E-state index is 0.0688. The second-order valence-electron chi connectivity index (χ2n) is 4.70. The number of rotatable bonds is 5. The topological polar surface area (TPSA) is 66.3 Å². The summed E-state index contributed by atoms with van der Waals surface area (Å²) >= 11 is 0. The number of carbonyl (C=O) groups is 1. The van der Waals surface area contributed by atoms with Gasteiger partial charge in [0.25, 0.3) is 5.91 Å². The van der Waals surface area contributed by atoms with Crippen molar-refractivity contribution < 1.29 is 9.90 Å². The standard InChI is InChI=1S/C13H19N3O2/c1-10-8-15-12(9-14-10)13(18)16(6-3-7-17)11-4-2-5-11/h8-9,11,17H,2-7H2,1H3. The summed E-state index contributed by atoms with van der Waals surface area (Å²) in [5, 5.41) is 8.91. The highest BCUT2D eigenvalue weighted by Crippen LogP contribution is 2.26. The largest absolute Gasteiger partial charge is 0.396 e. The maximum atomic E-state index is 12.3. The Kier molecular flexibility index (Phi) is 4.25. The molecule has 0 aromatic carbocycles. The zero-order valence-corrected chi connectivity index (χ0v) is 10.7. The van der Waals surface area contributed by atoms with E-state index in [1.54, 1.807) is 6.20 Å². The lowest BCUT2D eigenvalue weighted by Gasteiger charge is -2.37. The van der Waals surface area contributed by atoms with Gasteiger partial charge < -0.3 is 10.0 Å². The van der Waals surface area contributed by atoms with Gasteiger partial charge in [-0.3, -0.25) is 9.78 Å². The van der Waals surface area contributed by atoms with Crippen LogP contribution in [0.3, 0.4) is 0 Å². The zero-order chi connectivity index (χ0) is 13.0. The average Bonchev–Trinajstić information content (AvgIpc) is 2.32. The molecule has 1 aliphatic rings. The van der Waals surface area contributed by atoms with Crippen molar-refractivity contribution in [3.05, 3.63) is 23.8 Å². The molecule has 1 fully saturated rings. The van der Waals surface area contributed by atoms with Gasteiger partial charge in [-0.1, -0.05) is 0 Å². The minimum Gasteiger partial charge on any atom is -0.396 e. The summed E-state index contributed by atoms with van der Waals surface area (Å²) in [6.07, 6.45) is 7.03. The number of hydrogen-bond acceptors (Lipinski definition) is 4. The second-order valence-corrected chi connectivity index (χ2v) is 4.70. The van der Waals surface area contributed by atoms with E-state index >= 15 is 0 Å². The van der Waals surface area contributed by atoms with Crippen LogP contribution < -0.4 is 0 Å². The maximum Gasteiger partial charge on any atom is 0.274 e. The number of carbonyl (C=O) groups excluding carboxylic acids is 1. The molecule has 1 aromatic rings. The fraction of sp³-hybridized carbons (Fsp3) is 0.615. The molecule has 1 N–H and O–H groups in total. The first-order chi connectivity index (χ1) is 8.72. The highest BCUT2D eigenvalue weighted by Gasteiger charge is 2.29. The number of aliphatic hydroxyl groups is 1. The predicted molar refractivity (Wildman–Crippen MR) is 67.1 cm³/mol. The molecule has 5 heteroatoms. The number of aliphatic hydroxyl groups excluding tert-OH is 1. The Morgan fingerprint density at radius 3 is 2.72 bits per heavy atom. The molecule has 2 rings (SSSR count). The molecule has 98 valence electrons. The van der Waals surface area contributed by atoms with Crippen LogP contribution in [0.25, 0.3) is 0 Å². The van der Waals surface area contributed by atoms with Gasteiger partial charge >= 0.3 is 0 Å². The molecule has 1 aromatic heterocycles. The lowest BCUT2D eigenvalue weighted by Crippen LogP contribution is -2.45. The van der Waals surface area contributed by atoms with Gasteiger partial charge in [0.05, 0.1) is 11.9 Å². The third-order valence-electron chi connectivity index (χ3n) is 3.33. The fourth-order valence-electron chi connectivity index (χ4n) is 2.04. The summed E-state index contributed by atoms with van der Waals surface area (Å²) in [5.41, 5.74) is 1.20. The molecule has 18 heavy (non-hydrogen) atoms. The quantitative estimate of drug-likeness (QED) is 0.850. The first kappa shape index (κ1) is 13.0.